The summed E-state index contributed by atoms with van der Waals surface area (Å²) in [5.41, 5.74) is 2.58. The average molecular weight is 260 g/mol. The van der Waals surface area contributed by atoms with Gasteiger partial charge >= 0.3 is 0 Å². The summed E-state index contributed by atoms with van der Waals surface area (Å²) < 4.78 is 0. The largest absolute Gasteiger partial charge is 0.348 e. The van der Waals surface area contributed by atoms with Crippen molar-refractivity contribution in [2.45, 2.75) is 6.54 Å². The van der Waals surface area contributed by atoms with Gasteiger partial charge in [0.05, 0.1) is 17.2 Å². The SMILES string of the molecule is C#Cc1ccccc1C(=O)NCc1ccc(C#N)cc1. The van der Waals surface area contributed by atoms with Crippen LogP contribution in [0, 0.1) is 23.7 Å². The van der Waals surface area contributed by atoms with Crippen LogP contribution >= 0.6 is 0 Å². The number of hydrogen-bond acceptors (Lipinski definition) is 2. The summed E-state index contributed by atoms with van der Waals surface area (Å²) in [7, 11) is 0. The molecule has 0 fully saturated rings. The summed E-state index contributed by atoms with van der Waals surface area (Å²) in [6, 6.07) is 16.1. The lowest BCUT2D eigenvalue weighted by Crippen LogP contribution is -2.23. The third kappa shape index (κ3) is 3.04. The van der Waals surface area contributed by atoms with Gasteiger partial charge in [0.1, 0.15) is 0 Å². The number of rotatable bonds is 3. The van der Waals surface area contributed by atoms with E-state index in [9.17, 15) is 4.79 Å². The molecule has 2 aromatic rings. The van der Waals surface area contributed by atoms with Crippen LogP contribution in [0.5, 0.6) is 0 Å². The van der Waals surface area contributed by atoms with Crippen LogP contribution in [-0.4, -0.2) is 5.91 Å². The first-order valence-corrected chi connectivity index (χ1v) is 6.07. The lowest BCUT2D eigenvalue weighted by Gasteiger charge is -2.07. The van der Waals surface area contributed by atoms with Crippen LogP contribution in [0.4, 0.5) is 0 Å². The first-order chi connectivity index (χ1) is 9.74. The van der Waals surface area contributed by atoms with E-state index in [1.807, 2.05) is 12.1 Å². The molecule has 2 rings (SSSR count). The van der Waals surface area contributed by atoms with Crippen LogP contribution in [-0.2, 0) is 6.54 Å². The smallest absolute Gasteiger partial charge is 0.252 e. The predicted molar refractivity (Wildman–Crippen MR) is 76.7 cm³/mol. The first kappa shape index (κ1) is 13.4. The fourth-order valence-electron chi connectivity index (χ4n) is 1.78. The Labute approximate surface area is 117 Å². The molecule has 0 unspecified atom stereocenters. The number of carbonyl (C=O) groups is 1. The molecule has 2 aromatic carbocycles. The summed E-state index contributed by atoms with van der Waals surface area (Å²) >= 11 is 0. The van der Waals surface area contributed by atoms with Crippen LogP contribution in [0.25, 0.3) is 0 Å². The Morgan fingerprint density at radius 3 is 2.50 bits per heavy atom. The second kappa shape index (κ2) is 6.22. The molecule has 0 saturated heterocycles. The summed E-state index contributed by atoms with van der Waals surface area (Å²) in [5.74, 6) is 2.29. The van der Waals surface area contributed by atoms with Crippen molar-refractivity contribution in [3.8, 4) is 18.4 Å². The summed E-state index contributed by atoms with van der Waals surface area (Å²) in [6.07, 6.45) is 5.37. The van der Waals surface area contributed by atoms with Gasteiger partial charge in [-0.2, -0.15) is 5.26 Å². The number of amides is 1. The number of terminal acetylenes is 1. The summed E-state index contributed by atoms with van der Waals surface area (Å²) in [6.45, 7) is 0.392. The Balaban J connectivity index is 2.05. The van der Waals surface area contributed by atoms with Crippen LogP contribution in [0.3, 0.4) is 0 Å². The van der Waals surface area contributed by atoms with Crippen molar-refractivity contribution in [2.24, 2.45) is 0 Å². The molecule has 0 aliphatic rings. The molecule has 0 aliphatic heterocycles. The van der Waals surface area contributed by atoms with E-state index < -0.39 is 0 Å². The van der Waals surface area contributed by atoms with Gasteiger partial charge in [0, 0.05) is 12.1 Å². The Bertz CT molecular complexity index is 703. The van der Waals surface area contributed by atoms with Gasteiger partial charge in [-0.05, 0) is 29.8 Å². The molecule has 1 N–H and O–H groups in total. The van der Waals surface area contributed by atoms with Gasteiger partial charge in [0.25, 0.3) is 5.91 Å². The second-order valence-electron chi connectivity index (χ2n) is 4.18. The third-order valence-electron chi connectivity index (χ3n) is 2.86. The second-order valence-corrected chi connectivity index (χ2v) is 4.18. The van der Waals surface area contributed by atoms with E-state index in [0.29, 0.717) is 23.2 Å². The van der Waals surface area contributed by atoms with Crippen molar-refractivity contribution >= 4 is 5.91 Å². The monoisotopic (exact) mass is 260 g/mol. The number of nitrogens with one attached hydrogen (secondary N) is 1. The quantitative estimate of drug-likeness (QED) is 0.862. The topological polar surface area (TPSA) is 52.9 Å². The molecule has 0 bridgehead atoms. The summed E-state index contributed by atoms with van der Waals surface area (Å²) in [5, 5.41) is 11.5. The van der Waals surface area contributed by atoms with Gasteiger partial charge in [-0.3, -0.25) is 4.79 Å². The van der Waals surface area contributed by atoms with Gasteiger partial charge in [-0.1, -0.05) is 30.2 Å². The van der Waals surface area contributed by atoms with Crippen LogP contribution in [0.15, 0.2) is 48.5 Å². The molecule has 0 spiro atoms. The highest BCUT2D eigenvalue weighted by Gasteiger charge is 2.08. The zero-order chi connectivity index (χ0) is 14.4. The molecular formula is C17H12N2O. The molecule has 0 radical (unpaired) electrons. The van der Waals surface area contributed by atoms with Crippen molar-refractivity contribution in [3.05, 3.63) is 70.8 Å². The van der Waals surface area contributed by atoms with Crippen molar-refractivity contribution in [1.29, 1.82) is 5.26 Å². The molecule has 0 heterocycles. The highest BCUT2D eigenvalue weighted by atomic mass is 16.1. The van der Waals surface area contributed by atoms with Gasteiger partial charge < -0.3 is 5.32 Å². The Kier molecular flexibility index (Phi) is 4.17. The normalized spacial score (nSPS) is 9.30. The van der Waals surface area contributed by atoms with E-state index in [1.165, 1.54) is 0 Å². The molecule has 3 heteroatoms. The molecule has 96 valence electrons. The lowest BCUT2D eigenvalue weighted by molar-refractivity contribution is 0.0950. The first-order valence-electron chi connectivity index (χ1n) is 6.07. The van der Waals surface area contributed by atoms with Gasteiger partial charge in [-0.15, -0.1) is 6.42 Å². The van der Waals surface area contributed by atoms with Crippen LogP contribution in [0.1, 0.15) is 27.0 Å². The lowest BCUT2D eigenvalue weighted by atomic mass is 10.1. The number of carbonyl (C=O) groups excluding carboxylic acids is 1. The maximum Gasteiger partial charge on any atom is 0.252 e. The molecule has 0 saturated carbocycles. The molecule has 0 atom stereocenters. The standard InChI is InChI=1S/C17H12N2O/c1-2-15-5-3-4-6-16(15)17(20)19-12-14-9-7-13(11-18)8-10-14/h1,3-10H,12H2,(H,19,20). The van der Waals surface area contributed by atoms with E-state index in [4.69, 9.17) is 11.7 Å². The van der Waals surface area contributed by atoms with E-state index in [1.54, 1.807) is 36.4 Å². The minimum atomic E-state index is -0.206. The minimum Gasteiger partial charge on any atom is -0.348 e. The van der Waals surface area contributed by atoms with E-state index in [2.05, 4.69) is 17.3 Å². The van der Waals surface area contributed by atoms with E-state index >= 15 is 0 Å². The average Bonchev–Trinajstić information content (AvgIpc) is 2.53. The van der Waals surface area contributed by atoms with E-state index in [0.717, 1.165) is 5.56 Å². The highest BCUT2D eigenvalue weighted by molar-refractivity contribution is 5.96. The fraction of sp³-hybridized carbons (Fsp3) is 0.0588. The van der Waals surface area contributed by atoms with Crippen molar-refractivity contribution in [1.82, 2.24) is 5.32 Å². The van der Waals surface area contributed by atoms with Gasteiger partial charge in [0.2, 0.25) is 0 Å². The molecule has 0 aliphatic carbocycles. The maximum atomic E-state index is 12.1. The van der Waals surface area contributed by atoms with Crippen LogP contribution < -0.4 is 5.32 Å². The Morgan fingerprint density at radius 2 is 1.85 bits per heavy atom. The Hall–Kier alpha value is -3.04. The van der Waals surface area contributed by atoms with Crippen LogP contribution in [0.2, 0.25) is 0 Å². The third-order valence-corrected chi connectivity index (χ3v) is 2.86. The number of nitrogens with zero attached hydrogens (tertiary/aromatic N) is 1. The summed E-state index contributed by atoms with van der Waals surface area (Å²) in [4.78, 5) is 12.1. The zero-order valence-electron chi connectivity index (χ0n) is 10.8. The Morgan fingerprint density at radius 1 is 1.15 bits per heavy atom. The van der Waals surface area contributed by atoms with Gasteiger partial charge in [0.15, 0.2) is 0 Å². The predicted octanol–water partition coefficient (Wildman–Crippen LogP) is 2.47. The van der Waals surface area contributed by atoms with Crippen molar-refractivity contribution in [3.63, 3.8) is 0 Å². The molecule has 0 aromatic heterocycles. The molecule has 3 nitrogen and oxygen atoms in total. The maximum absolute atomic E-state index is 12.1. The van der Waals surface area contributed by atoms with E-state index in [-0.39, 0.29) is 5.91 Å². The number of benzene rings is 2. The highest BCUT2D eigenvalue weighted by Crippen LogP contribution is 2.08. The van der Waals surface area contributed by atoms with Gasteiger partial charge in [-0.25, -0.2) is 0 Å². The fourth-order valence-corrected chi connectivity index (χ4v) is 1.78. The van der Waals surface area contributed by atoms with Crippen molar-refractivity contribution in [2.75, 3.05) is 0 Å². The molecule has 1 amide bonds. The minimum absolute atomic E-state index is 0.206. The van der Waals surface area contributed by atoms with Crippen molar-refractivity contribution < 1.29 is 4.79 Å². The molecule has 20 heavy (non-hydrogen) atoms. The molecular weight excluding hydrogens is 248 g/mol. The number of nitriles is 1. The zero-order valence-corrected chi connectivity index (χ0v) is 10.8. The number of hydrogen-bond donors (Lipinski definition) is 1.